The number of carbonyl (C=O) groups is 2. The van der Waals surface area contributed by atoms with Crippen LogP contribution in [0.1, 0.15) is 20.8 Å². The number of esters is 1. The predicted octanol–water partition coefficient (Wildman–Crippen LogP) is 1.73. The summed E-state index contributed by atoms with van der Waals surface area (Å²) < 4.78 is 14.5. The molecule has 0 aliphatic heterocycles. The summed E-state index contributed by atoms with van der Waals surface area (Å²) in [6.45, 7) is 9.51. The second kappa shape index (κ2) is 9.09. The molecule has 0 bridgehead atoms. The summed E-state index contributed by atoms with van der Waals surface area (Å²) >= 11 is 0. The fraction of sp³-hybridized carbons (Fsp3) is 0.500. The van der Waals surface area contributed by atoms with Crippen LogP contribution in [0.5, 0.6) is 0 Å². The summed E-state index contributed by atoms with van der Waals surface area (Å²) in [5.74, 6) is -0.618. The van der Waals surface area contributed by atoms with Gasteiger partial charge in [-0.1, -0.05) is 6.58 Å². The lowest BCUT2D eigenvalue weighted by molar-refractivity contribution is -0.138. The Morgan fingerprint density at radius 3 is 2.22 bits per heavy atom. The van der Waals surface area contributed by atoms with Gasteiger partial charge in [0, 0.05) is 0 Å². The van der Waals surface area contributed by atoms with Gasteiger partial charge in [0.2, 0.25) is 0 Å². The molecule has 0 saturated heterocycles. The number of hydrogen-bond acceptors (Lipinski definition) is 5. The van der Waals surface area contributed by atoms with Crippen LogP contribution in [0.25, 0.3) is 0 Å². The highest BCUT2D eigenvalue weighted by molar-refractivity contribution is 5.94. The summed E-state index contributed by atoms with van der Waals surface area (Å²) in [7, 11) is 0. The van der Waals surface area contributed by atoms with Gasteiger partial charge < -0.3 is 14.2 Å². The molecule has 18 heavy (non-hydrogen) atoms. The quantitative estimate of drug-likeness (QED) is 0.325. The average molecular weight is 257 g/mol. The first kappa shape index (κ1) is 16.0. The minimum Gasteiger partial charge on any atom is -0.501 e. The van der Waals surface area contributed by atoms with Crippen molar-refractivity contribution in [3.05, 3.63) is 24.1 Å². The highest BCUT2D eigenvalue weighted by atomic mass is 16.5. The topological polar surface area (TPSA) is 73.9 Å². The molecule has 0 aliphatic rings. The smallest absolute Gasteiger partial charge is 0.411 e. The number of hydrogen-bond donors (Lipinski definition) is 1. The Hall–Kier alpha value is -1.98. The zero-order chi connectivity index (χ0) is 14.0. The zero-order valence-electron chi connectivity index (χ0n) is 10.9. The van der Waals surface area contributed by atoms with E-state index in [1.807, 2.05) is 0 Å². The van der Waals surface area contributed by atoms with Crippen molar-refractivity contribution in [1.29, 1.82) is 0 Å². The fourth-order valence-corrected chi connectivity index (χ4v) is 0.976. The standard InChI is InChI=1S/C12H19NO5/c1-5-16-8-10(11(14)17-6-2)9(4)13-12(15)18-7-3/h8H,4-7H2,1-3H3,(H,13,15)/b10-8+. The lowest BCUT2D eigenvalue weighted by atomic mass is 10.2. The van der Waals surface area contributed by atoms with Gasteiger partial charge >= 0.3 is 12.1 Å². The van der Waals surface area contributed by atoms with E-state index in [4.69, 9.17) is 9.47 Å². The van der Waals surface area contributed by atoms with Gasteiger partial charge in [0.1, 0.15) is 5.57 Å². The minimum absolute atomic E-state index is 0.0479. The van der Waals surface area contributed by atoms with Gasteiger partial charge in [-0.25, -0.2) is 9.59 Å². The summed E-state index contributed by atoms with van der Waals surface area (Å²) in [6, 6.07) is 0. The molecule has 0 rings (SSSR count). The molecule has 102 valence electrons. The van der Waals surface area contributed by atoms with Gasteiger partial charge in [-0.3, -0.25) is 5.32 Å². The van der Waals surface area contributed by atoms with E-state index in [2.05, 4.69) is 16.6 Å². The van der Waals surface area contributed by atoms with Crippen LogP contribution in [-0.4, -0.2) is 31.9 Å². The Bertz CT molecular complexity index is 335. The third kappa shape index (κ3) is 5.93. The minimum atomic E-state index is -0.686. The molecule has 0 fully saturated rings. The Morgan fingerprint density at radius 2 is 1.72 bits per heavy atom. The van der Waals surface area contributed by atoms with Gasteiger partial charge in [0.05, 0.1) is 31.8 Å². The van der Waals surface area contributed by atoms with Crippen LogP contribution in [0.4, 0.5) is 4.79 Å². The van der Waals surface area contributed by atoms with Crippen molar-refractivity contribution in [3.8, 4) is 0 Å². The van der Waals surface area contributed by atoms with Crippen molar-refractivity contribution in [2.45, 2.75) is 20.8 Å². The molecule has 0 spiro atoms. The van der Waals surface area contributed by atoms with E-state index in [0.717, 1.165) is 0 Å². The maximum Gasteiger partial charge on any atom is 0.411 e. The molecular weight excluding hydrogens is 238 g/mol. The SMILES string of the molecule is C=C(NC(=O)OCC)/C(=C\OCC)C(=O)OCC. The van der Waals surface area contributed by atoms with Crippen LogP contribution < -0.4 is 5.32 Å². The number of alkyl carbamates (subject to hydrolysis) is 1. The summed E-state index contributed by atoms with van der Waals surface area (Å²) in [5, 5.41) is 2.32. The molecule has 0 unspecified atom stereocenters. The molecule has 0 aromatic carbocycles. The molecule has 6 heteroatoms. The number of amides is 1. The van der Waals surface area contributed by atoms with Crippen LogP contribution in [0.15, 0.2) is 24.1 Å². The number of carbonyl (C=O) groups excluding carboxylic acids is 2. The molecule has 0 heterocycles. The lowest BCUT2D eigenvalue weighted by Crippen LogP contribution is -2.26. The third-order valence-corrected chi connectivity index (χ3v) is 1.72. The maximum absolute atomic E-state index is 11.6. The van der Waals surface area contributed by atoms with E-state index < -0.39 is 12.1 Å². The fourth-order valence-electron chi connectivity index (χ4n) is 0.976. The Labute approximate surface area is 107 Å². The van der Waals surface area contributed by atoms with Crippen molar-refractivity contribution >= 4 is 12.1 Å². The van der Waals surface area contributed by atoms with Crippen molar-refractivity contribution in [2.75, 3.05) is 19.8 Å². The van der Waals surface area contributed by atoms with Gasteiger partial charge in [0.15, 0.2) is 0 Å². The molecule has 1 N–H and O–H groups in total. The number of nitrogens with one attached hydrogen (secondary N) is 1. The summed E-state index contributed by atoms with van der Waals surface area (Å²) in [6.07, 6.45) is 0.515. The molecular formula is C12H19NO5. The van der Waals surface area contributed by atoms with Crippen LogP contribution in [0.3, 0.4) is 0 Å². The number of ether oxygens (including phenoxy) is 3. The molecule has 0 aromatic heterocycles. The largest absolute Gasteiger partial charge is 0.501 e. The first-order valence-corrected chi connectivity index (χ1v) is 5.68. The van der Waals surface area contributed by atoms with Gasteiger partial charge in [-0.05, 0) is 20.8 Å². The van der Waals surface area contributed by atoms with Crippen molar-refractivity contribution < 1.29 is 23.8 Å². The first-order chi connectivity index (χ1) is 8.56. The van der Waals surface area contributed by atoms with E-state index in [9.17, 15) is 9.59 Å². The van der Waals surface area contributed by atoms with Crippen molar-refractivity contribution in [1.82, 2.24) is 5.32 Å². The molecule has 0 radical (unpaired) electrons. The second-order valence-corrected chi connectivity index (χ2v) is 3.03. The Balaban J connectivity index is 4.70. The highest BCUT2D eigenvalue weighted by Crippen LogP contribution is 2.08. The third-order valence-electron chi connectivity index (χ3n) is 1.72. The van der Waals surface area contributed by atoms with Crippen molar-refractivity contribution in [2.24, 2.45) is 0 Å². The highest BCUT2D eigenvalue weighted by Gasteiger charge is 2.17. The maximum atomic E-state index is 11.6. The molecule has 0 saturated carbocycles. The monoisotopic (exact) mass is 257 g/mol. The van der Waals surface area contributed by atoms with Crippen LogP contribution in [0.2, 0.25) is 0 Å². The van der Waals surface area contributed by atoms with Crippen LogP contribution in [-0.2, 0) is 19.0 Å². The van der Waals surface area contributed by atoms with Crippen LogP contribution in [0, 0.1) is 0 Å². The van der Waals surface area contributed by atoms with E-state index in [-0.39, 0.29) is 24.5 Å². The first-order valence-electron chi connectivity index (χ1n) is 5.68. The van der Waals surface area contributed by atoms with Crippen molar-refractivity contribution in [3.63, 3.8) is 0 Å². The van der Waals surface area contributed by atoms with E-state index in [1.54, 1.807) is 20.8 Å². The molecule has 0 aromatic rings. The zero-order valence-corrected chi connectivity index (χ0v) is 10.9. The second-order valence-electron chi connectivity index (χ2n) is 3.03. The van der Waals surface area contributed by atoms with Gasteiger partial charge in [0.25, 0.3) is 0 Å². The van der Waals surface area contributed by atoms with Crippen LogP contribution >= 0.6 is 0 Å². The van der Waals surface area contributed by atoms with E-state index in [0.29, 0.717) is 6.61 Å². The Kier molecular flexibility index (Phi) is 8.09. The Morgan fingerprint density at radius 1 is 1.11 bits per heavy atom. The van der Waals surface area contributed by atoms with Gasteiger partial charge in [-0.15, -0.1) is 0 Å². The summed E-state index contributed by atoms with van der Waals surface area (Å²) in [4.78, 5) is 22.8. The molecule has 1 amide bonds. The van der Waals surface area contributed by atoms with E-state index >= 15 is 0 Å². The lowest BCUT2D eigenvalue weighted by Gasteiger charge is -2.11. The average Bonchev–Trinajstić information content (AvgIpc) is 2.30. The predicted molar refractivity (Wildman–Crippen MR) is 65.6 cm³/mol. The summed E-state index contributed by atoms with van der Waals surface area (Å²) in [5.41, 5.74) is 0.118. The number of rotatable bonds is 7. The normalized spacial score (nSPS) is 10.5. The van der Waals surface area contributed by atoms with Gasteiger partial charge in [-0.2, -0.15) is 0 Å². The molecule has 6 nitrogen and oxygen atoms in total. The molecule has 0 atom stereocenters. The van der Waals surface area contributed by atoms with E-state index in [1.165, 1.54) is 6.26 Å². The molecule has 0 aliphatic carbocycles.